The van der Waals surface area contributed by atoms with Crippen molar-refractivity contribution in [2.75, 3.05) is 5.32 Å². The molecule has 1 aromatic carbocycles. The molecule has 0 bridgehead atoms. The smallest absolute Gasteiger partial charge is 0.301 e. The van der Waals surface area contributed by atoms with Gasteiger partial charge in [-0.15, -0.1) is 11.3 Å². The molecule has 2 rings (SSSR count). The number of benzene rings is 1. The molecule has 8 heteroatoms. The molecule has 0 spiro atoms. The predicted molar refractivity (Wildman–Crippen MR) is 84.8 cm³/mol. The lowest BCUT2D eigenvalue weighted by Crippen LogP contribution is -2.25. The first-order valence-electron chi connectivity index (χ1n) is 6.77. The summed E-state index contributed by atoms with van der Waals surface area (Å²) in [6.45, 7) is 3.73. The minimum Gasteiger partial charge on any atom is -0.301 e. The van der Waals surface area contributed by atoms with E-state index in [0.717, 1.165) is 22.3 Å². The molecule has 0 saturated carbocycles. The van der Waals surface area contributed by atoms with Crippen LogP contribution in [0.2, 0.25) is 5.02 Å². The average molecular weight is 363 g/mol. The lowest BCUT2D eigenvalue weighted by Gasteiger charge is -2.20. The lowest BCUT2D eigenvalue weighted by atomic mass is 9.88. The highest BCUT2D eigenvalue weighted by molar-refractivity contribution is 7.13. The summed E-state index contributed by atoms with van der Waals surface area (Å²) in [7, 11) is 0. The summed E-state index contributed by atoms with van der Waals surface area (Å²) < 4.78 is 37.6. The van der Waals surface area contributed by atoms with Crippen molar-refractivity contribution in [1.29, 1.82) is 0 Å². The van der Waals surface area contributed by atoms with E-state index in [4.69, 9.17) is 11.6 Å². The van der Waals surface area contributed by atoms with Gasteiger partial charge in [-0.25, -0.2) is 4.98 Å². The number of nitrogens with one attached hydrogen (secondary N) is 1. The molecule has 0 saturated heterocycles. The molecule has 0 fully saturated rings. The molecule has 1 atom stereocenters. The predicted octanol–water partition coefficient (Wildman–Crippen LogP) is 5.19. The van der Waals surface area contributed by atoms with Crippen LogP contribution in [-0.2, 0) is 11.0 Å². The largest absolute Gasteiger partial charge is 0.434 e. The maximum Gasteiger partial charge on any atom is 0.434 e. The normalized spacial score (nSPS) is 13.2. The molecule has 2 aromatic rings. The Balaban J connectivity index is 2.19. The molecule has 1 amide bonds. The SMILES string of the molecule is CC(C)[C@H](C(=O)Nc1nc(C(F)(F)F)cs1)c1ccc(Cl)cc1. The average Bonchev–Trinajstić information content (AvgIpc) is 2.89. The third-order valence-corrected chi connectivity index (χ3v) is 4.21. The van der Waals surface area contributed by atoms with Crippen LogP contribution in [0.3, 0.4) is 0 Å². The van der Waals surface area contributed by atoms with Crippen LogP contribution in [0.15, 0.2) is 29.6 Å². The number of hydrogen-bond acceptors (Lipinski definition) is 3. The zero-order chi connectivity index (χ0) is 17.2. The molecule has 0 aliphatic rings. The molecule has 0 unspecified atom stereocenters. The molecule has 23 heavy (non-hydrogen) atoms. The molecule has 3 nitrogen and oxygen atoms in total. The van der Waals surface area contributed by atoms with Crippen LogP contribution in [0.5, 0.6) is 0 Å². The molecular weight excluding hydrogens is 349 g/mol. The van der Waals surface area contributed by atoms with Crippen molar-refractivity contribution in [3.05, 3.63) is 45.9 Å². The van der Waals surface area contributed by atoms with E-state index in [1.165, 1.54) is 0 Å². The molecule has 124 valence electrons. The summed E-state index contributed by atoms with van der Waals surface area (Å²) in [5.41, 5.74) is -0.264. The van der Waals surface area contributed by atoms with Gasteiger partial charge >= 0.3 is 6.18 Å². The Morgan fingerprint density at radius 1 is 1.26 bits per heavy atom. The van der Waals surface area contributed by atoms with Gasteiger partial charge < -0.3 is 5.32 Å². The molecule has 1 aromatic heterocycles. The number of aromatic nitrogens is 1. The van der Waals surface area contributed by atoms with Gasteiger partial charge in [0.2, 0.25) is 5.91 Å². The van der Waals surface area contributed by atoms with Gasteiger partial charge in [-0.05, 0) is 23.6 Å². The van der Waals surface area contributed by atoms with Crippen molar-refractivity contribution in [1.82, 2.24) is 4.98 Å². The molecular formula is C15H14ClF3N2OS. The highest BCUT2D eigenvalue weighted by atomic mass is 35.5. The first-order valence-corrected chi connectivity index (χ1v) is 8.03. The van der Waals surface area contributed by atoms with E-state index >= 15 is 0 Å². The number of carbonyl (C=O) groups is 1. The number of carbonyl (C=O) groups excluding carboxylic acids is 1. The van der Waals surface area contributed by atoms with Crippen LogP contribution >= 0.6 is 22.9 Å². The Kier molecular flexibility index (Phi) is 5.31. The quantitative estimate of drug-likeness (QED) is 0.812. The molecule has 0 aliphatic carbocycles. The van der Waals surface area contributed by atoms with Crippen molar-refractivity contribution in [2.24, 2.45) is 5.92 Å². The fraction of sp³-hybridized carbons (Fsp3) is 0.333. The van der Waals surface area contributed by atoms with E-state index in [1.54, 1.807) is 24.3 Å². The standard InChI is InChI=1S/C15H14ClF3N2OS/c1-8(2)12(9-3-5-10(16)6-4-9)13(22)21-14-20-11(7-23-14)15(17,18)19/h3-8,12H,1-2H3,(H,20,21,22)/t12-/m0/s1. The van der Waals surface area contributed by atoms with Crippen LogP contribution in [0.4, 0.5) is 18.3 Å². The Hall–Kier alpha value is -1.60. The second-order valence-corrected chi connectivity index (χ2v) is 6.59. The minimum atomic E-state index is -4.52. The Morgan fingerprint density at radius 3 is 2.35 bits per heavy atom. The van der Waals surface area contributed by atoms with Crippen molar-refractivity contribution >= 4 is 34.0 Å². The number of halogens is 4. The Labute approximate surface area is 140 Å². The number of anilines is 1. The van der Waals surface area contributed by atoms with Gasteiger partial charge in [-0.3, -0.25) is 4.79 Å². The molecule has 1 heterocycles. The van der Waals surface area contributed by atoms with Gasteiger partial charge in [-0.2, -0.15) is 13.2 Å². The summed E-state index contributed by atoms with van der Waals surface area (Å²) in [6, 6.07) is 6.81. The van der Waals surface area contributed by atoms with Gasteiger partial charge in [0, 0.05) is 10.4 Å². The number of hydrogen-bond donors (Lipinski definition) is 1. The van der Waals surface area contributed by atoms with Crippen molar-refractivity contribution in [3.63, 3.8) is 0 Å². The van der Waals surface area contributed by atoms with Gasteiger partial charge in [-0.1, -0.05) is 37.6 Å². The summed E-state index contributed by atoms with van der Waals surface area (Å²) in [6.07, 6.45) is -4.52. The summed E-state index contributed by atoms with van der Waals surface area (Å²) >= 11 is 6.58. The maximum atomic E-state index is 12.5. The van der Waals surface area contributed by atoms with Crippen molar-refractivity contribution in [2.45, 2.75) is 25.9 Å². The Morgan fingerprint density at radius 2 is 1.87 bits per heavy atom. The summed E-state index contributed by atoms with van der Waals surface area (Å²) in [5.74, 6) is -0.950. The lowest BCUT2D eigenvalue weighted by molar-refractivity contribution is -0.140. The highest BCUT2D eigenvalue weighted by Crippen LogP contribution is 2.33. The second-order valence-electron chi connectivity index (χ2n) is 5.30. The number of rotatable bonds is 4. The van der Waals surface area contributed by atoms with Crippen LogP contribution in [-0.4, -0.2) is 10.9 Å². The highest BCUT2D eigenvalue weighted by Gasteiger charge is 2.34. The Bertz CT molecular complexity index is 683. The topological polar surface area (TPSA) is 42.0 Å². The van der Waals surface area contributed by atoms with Crippen molar-refractivity contribution < 1.29 is 18.0 Å². The maximum absolute atomic E-state index is 12.5. The molecule has 1 N–H and O–H groups in total. The van der Waals surface area contributed by atoms with Crippen LogP contribution < -0.4 is 5.32 Å². The number of thiazole rings is 1. The molecule has 0 aliphatic heterocycles. The van der Waals surface area contributed by atoms with Gasteiger partial charge in [0.25, 0.3) is 0 Å². The second kappa shape index (κ2) is 6.88. The number of nitrogens with zero attached hydrogens (tertiary/aromatic N) is 1. The van der Waals surface area contributed by atoms with E-state index in [2.05, 4.69) is 10.3 Å². The molecule has 0 radical (unpaired) electrons. The minimum absolute atomic E-state index is 0.0433. The monoisotopic (exact) mass is 362 g/mol. The number of alkyl halides is 3. The third kappa shape index (κ3) is 4.45. The van der Waals surface area contributed by atoms with E-state index in [1.807, 2.05) is 13.8 Å². The van der Waals surface area contributed by atoms with Gasteiger partial charge in [0.05, 0.1) is 5.92 Å². The van der Waals surface area contributed by atoms with Crippen LogP contribution in [0.1, 0.15) is 31.0 Å². The fourth-order valence-corrected chi connectivity index (χ4v) is 3.00. The van der Waals surface area contributed by atoms with Crippen LogP contribution in [0.25, 0.3) is 0 Å². The van der Waals surface area contributed by atoms with Gasteiger partial charge in [0.15, 0.2) is 10.8 Å². The van der Waals surface area contributed by atoms with E-state index in [-0.39, 0.29) is 11.0 Å². The summed E-state index contributed by atoms with van der Waals surface area (Å²) in [5, 5.41) is 3.82. The zero-order valence-corrected chi connectivity index (χ0v) is 13.9. The van der Waals surface area contributed by atoms with E-state index in [9.17, 15) is 18.0 Å². The zero-order valence-electron chi connectivity index (χ0n) is 12.3. The van der Waals surface area contributed by atoms with Gasteiger partial charge in [0.1, 0.15) is 0 Å². The third-order valence-electron chi connectivity index (χ3n) is 3.20. The fourth-order valence-electron chi connectivity index (χ4n) is 2.15. The van der Waals surface area contributed by atoms with E-state index < -0.39 is 23.7 Å². The number of amides is 1. The van der Waals surface area contributed by atoms with E-state index in [0.29, 0.717) is 5.02 Å². The van der Waals surface area contributed by atoms with Crippen molar-refractivity contribution in [3.8, 4) is 0 Å². The summed E-state index contributed by atoms with van der Waals surface area (Å²) in [4.78, 5) is 15.9. The first kappa shape index (κ1) is 17.7. The first-order chi connectivity index (χ1) is 10.7. The van der Waals surface area contributed by atoms with Crippen LogP contribution in [0, 0.1) is 5.92 Å².